The average molecular weight is 136 g/mol. The Morgan fingerprint density at radius 1 is 1.70 bits per heavy atom. The number of ketones is 1. The van der Waals surface area contributed by atoms with Gasteiger partial charge in [-0.15, -0.1) is 5.73 Å². The Morgan fingerprint density at radius 3 is 2.90 bits per heavy atom. The third kappa shape index (κ3) is 6.93. The fraction of sp³-hybridized carbons (Fsp3) is 0.333. The lowest BCUT2D eigenvalue weighted by molar-refractivity contribution is -0.116. The van der Waals surface area contributed by atoms with E-state index in [1.54, 1.807) is 19.1 Å². The topological polar surface area (TPSA) is 17.1 Å². The van der Waals surface area contributed by atoms with Gasteiger partial charge < -0.3 is 4.79 Å². The fourth-order valence-corrected chi connectivity index (χ4v) is 0.495. The van der Waals surface area contributed by atoms with Crippen LogP contribution in [0.4, 0.5) is 0 Å². The molecular formula is C9H12O. The summed E-state index contributed by atoms with van der Waals surface area (Å²) in [7, 11) is 0. The molecule has 0 fully saturated rings. The van der Waals surface area contributed by atoms with E-state index in [-0.39, 0.29) is 5.78 Å². The van der Waals surface area contributed by atoms with Crippen LogP contribution in [-0.4, -0.2) is 5.78 Å². The maximum absolute atomic E-state index is 10.4. The van der Waals surface area contributed by atoms with E-state index in [1.165, 1.54) is 0 Å². The third-order valence-electron chi connectivity index (χ3n) is 0.973. The first-order chi connectivity index (χ1) is 4.77. The van der Waals surface area contributed by atoms with E-state index in [1.807, 2.05) is 6.08 Å². The summed E-state index contributed by atoms with van der Waals surface area (Å²) in [6.45, 7) is 5.08. The molecule has 0 atom stereocenters. The standard InChI is InChI=1S/C9H12O/c1-3-4-5-6-7-8-9(2)10/h3-4,6H,1,7-8H2,2H3. The molecule has 0 N–H and O–H groups in total. The maximum atomic E-state index is 10.4. The van der Waals surface area contributed by atoms with Crippen molar-refractivity contribution in [1.29, 1.82) is 0 Å². The van der Waals surface area contributed by atoms with Crippen LogP contribution in [0, 0.1) is 0 Å². The molecule has 0 aliphatic rings. The van der Waals surface area contributed by atoms with Gasteiger partial charge in [0.15, 0.2) is 0 Å². The van der Waals surface area contributed by atoms with Crippen molar-refractivity contribution in [3.63, 3.8) is 0 Å². The molecule has 0 saturated heterocycles. The summed E-state index contributed by atoms with van der Waals surface area (Å²) < 4.78 is 0. The predicted octanol–water partition coefficient (Wildman–Crippen LogP) is 2.25. The van der Waals surface area contributed by atoms with Crippen molar-refractivity contribution in [1.82, 2.24) is 0 Å². The van der Waals surface area contributed by atoms with E-state index in [2.05, 4.69) is 12.3 Å². The van der Waals surface area contributed by atoms with Gasteiger partial charge in [0.05, 0.1) is 0 Å². The van der Waals surface area contributed by atoms with Crippen molar-refractivity contribution >= 4 is 5.78 Å². The summed E-state index contributed by atoms with van der Waals surface area (Å²) in [4.78, 5) is 10.4. The molecule has 0 spiro atoms. The van der Waals surface area contributed by atoms with Crippen LogP contribution in [0.3, 0.4) is 0 Å². The average Bonchev–Trinajstić information content (AvgIpc) is 1.87. The van der Waals surface area contributed by atoms with E-state index < -0.39 is 0 Å². The number of allylic oxidation sites excluding steroid dienone is 2. The molecule has 0 aromatic carbocycles. The van der Waals surface area contributed by atoms with E-state index in [0.29, 0.717) is 6.42 Å². The molecule has 0 aliphatic carbocycles. The summed E-state index contributed by atoms with van der Waals surface area (Å²) in [6, 6.07) is 0. The zero-order valence-corrected chi connectivity index (χ0v) is 6.26. The second-order valence-electron chi connectivity index (χ2n) is 2.01. The number of rotatable bonds is 4. The molecule has 54 valence electrons. The van der Waals surface area contributed by atoms with Gasteiger partial charge >= 0.3 is 0 Å². The molecule has 1 nitrogen and oxygen atoms in total. The Labute approximate surface area is 61.8 Å². The van der Waals surface area contributed by atoms with Crippen LogP contribution >= 0.6 is 0 Å². The quantitative estimate of drug-likeness (QED) is 0.428. The van der Waals surface area contributed by atoms with Crippen molar-refractivity contribution in [2.24, 2.45) is 0 Å². The lowest BCUT2D eigenvalue weighted by Gasteiger charge is -1.83. The van der Waals surface area contributed by atoms with Gasteiger partial charge in [0.2, 0.25) is 0 Å². The van der Waals surface area contributed by atoms with Crippen LogP contribution in [-0.2, 0) is 4.79 Å². The zero-order chi connectivity index (χ0) is 7.82. The molecule has 0 bridgehead atoms. The van der Waals surface area contributed by atoms with Crippen LogP contribution in [0.25, 0.3) is 0 Å². The van der Waals surface area contributed by atoms with Gasteiger partial charge in [0, 0.05) is 6.42 Å². The molecule has 0 aromatic heterocycles. The summed E-state index contributed by atoms with van der Waals surface area (Å²) in [6.07, 6.45) is 6.60. The van der Waals surface area contributed by atoms with Crippen LogP contribution in [0.15, 0.2) is 30.5 Å². The Kier molecular flexibility index (Phi) is 5.41. The van der Waals surface area contributed by atoms with E-state index in [4.69, 9.17) is 0 Å². The number of carbonyl (C=O) groups is 1. The van der Waals surface area contributed by atoms with Gasteiger partial charge in [-0.1, -0.05) is 12.7 Å². The van der Waals surface area contributed by atoms with E-state index in [9.17, 15) is 4.79 Å². The van der Waals surface area contributed by atoms with Crippen molar-refractivity contribution in [3.05, 3.63) is 30.5 Å². The Balaban J connectivity index is 3.44. The highest BCUT2D eigenvalue weighted by molar-refractivity contribution is 5.75. The highest BCUT2D eigenvalue weighted by atomic mass is 16.1. The van der Waals surface area contributed by atoms with E-state index >= 15 is 0 Å². The zero-order valence-electron chi connectivity index (χ0n) is 6.26. The lowest BCUT2D eigenvalue weighted by atomic mass is 10.2. The second kappa shape index (κ2) is 6.06. The van der Waals surface area contributed by atoms with Crippen molar-refractivity contribution < 1.29 is 4.79 Å². The molecule has 0 radical (unpaired) electrons. The summed E-state index contributed by atoms with van der Waals surface area (Å²) in [5.41, 5.74) is 2.87. The first-order valence-corrected chi connectivity index (χ1v) is 3.28. The minimum atomic E-state index is 0.219. The molecule has 0 amide bonds. The largest absolute Gasteiger partial charge is 0.300 e. The van der Waals surface area contributed by atoms with Gasteiger partial charge in [-0.3, -0.25) is 0 Å². The Hall–Kier alpha value is -1.07. The highest BCUT2D eigenvalue weighted by Gasteiger charge is 1.86. The van der Waals surface area contributed by atoms with Gasteiger partial charge in [-0.05, 0) is 25.5 Å². The monoisotopic (exact) mass is 136 g/mol. The van der Waals surface area contributed by atoms with Gasteiger partial charge in [-0.2, -0.15) is 0 Å². The lowest BCUT2D eigenvalue weighted by Crippen LogP contribution is -1.85. The number of carbonyl (C=O) groups excluding carboxylic acids is 1. The smallest absolute Gasteiger partial charge is 0.130 e. The summed E-state index contributed by atoms with van der Waals surface area (Å²) in [5, 5.41) is 0. The van der Waals surface area contributed by atoms with E-state index in [0.717, 1.165) is 6.42 Å². The Bertz CT molecular complexity index is 171. The number of Topliss-reactive ketones (excluding diaryl/α,β-unsaturated/α-hetero) is 1. The molecule has 1 heteroatoms. The molecule has 0 aliphatic heterocycles. The molecule has 0 unspecified atom stereocenters. The highest BCUT2D eigenvalue weighted by Crippen LogP contribution is 1.89. The van der Waals surface area contributed by atoms with Crippen LogP contribution < -0.4 is 0 Å². The SMILES string of the molecule is C=CC=C=CCCC(C)=O. The van der Waals surface area contributed by atoms with Crippen LogP contribution in [0.2, 0.25) is 0 Å². The molecule has 0 rings (SSSR count). The van der Waals surface area contributed by atoms with Gasteiger partial charge in [0.25, 0.3) is 0 Å². The summed E-state index contributed by atoms with van der Waals surface area (Å²) in [5.74, 6) is 0.219. The number of hydrogen-bond acceptors (Lipinski definition) is 1. The molecule has 0 saturated carbocycles. The predicted molar refractivity (Wildman–Crippen MR) is 42.8 cm³/mol. The summed E-state index contributed by atoms with van der Waals surface area (Å²) >= 11 is 0. The van der Waals surface area contributed by atoms with Crippen LogP contribution in [0.5, 0.6) is 0 Å². The van der Waals surface area contributed by atoms with Crippen molar-refractivity contribution in [2.75, 3.05) is 0 Å². The second-order valence-corrected chi connectivity index (χ2v) is 2.01. The van der Waals surface area contributed by atoms with Gasteiger partial charge in [0.1, 0.15) is 5.78 Å². The first-order valence-electron chi connectivity index (χ1n) is 3.28. The first kappa shape index (κ1) is 8.93. The van der Waals surface area contributed by atoms with Crippen molar-refractivity contribution in [3.8, 4) is 0 Å². The normalized spacial score (nSPS) is 7.70. The molecule has 0 heterocycles. The molecule has 10 heavy (non-hydrogen) atoms. The third-order valence-corrected chi connectivity index (χ3v) is 0.973. The molecular weight excluding hydrogens is 124 g/mol. The number of hydrogen-bond donors (Lipinski definition) is 0. The Morgan fingerprint density at radius 2 is 2.40 bits per heavy atom. The molecule has 0 aromatic rings. The minimum absolute atomic E-state index is 0.219. The fourth-order valence-electron chi connectivity index (χ4n) is 0.495. The minimum Gasteiger partial charge on any atom is -0.300 e. The van der Waals surface area contributed by atoms with Crippen molar-refractivity contribution in [2.45, 2.75) is 19.8 Å². The van der Waals surface area contributed by atoms with Gasteiger partial charge in [-0.25, -0.2) is 0 Å². The van der Waals surface area contributed by atoms with Crippen LogP contribution in [0.1, 0.15) is 19.8 Å². The maximum Gasteiger partial charge on any atom is 0.130 e.